The highest BCUT2D eigenvalue weighted by atomic mass is 127. The summed E-state index contributed by atoms with van der Waals surface area (Å²) in [4.78, 5) is 9.70. The van der Waals surface area contributed by atoms with Crippen LogP contribution in [0.15, 0.2) is 23.1 Å². The number of halogens is 1. The predicted molar refractivity (Wildman–Crippen MR) is 58.9 cm³/mol. The summed E-state index contributed by atoms with van der Waals surface area (Å²) in [5.41, 5.74) is -0.351. The van der Waals surface area contributed by atoms with Crippen LogP contribution in [0.1, 0.15) is 0 Å². The van der Waals surface area contributed by atoms with Gasteiger partial charge < -0.3 is 0 Å². The minimum absolute atomic E-state index is 0.241. The van der Waals surface area contributed by atoms with Gasteiger partial charge in [0.25, 0.3) is 0 Å². The molecule has 1 aromatic rings. The number of benzene rings is 1. The van der Waals surface area contributed by atoms with Gasteiger partial charge in [-0.3, -0.25) is 10.1 Å². The van der Waals surface area contributed by atoms with E-state index in [1.165, 1.54) is 18.2 Å². The van der Waals surface area contributed by atoms with E-state index in [-0.39, 0.29) is 10.6 Å². The first kappa shape index (κ1) is 11.4. The van der Waals surface area contributed by atoms with Crippen molar-refractivity contribution in [1.29, 1.82) is 0 Å². The molecule has 0 fully saturated rings. The molecule has 5 nitrogen and oxygen atoms in total. The maximum Gasteiger partial charge on any atom is 0.301 e. The molecule has 1 aromatic carbocycles. The first-order valence-electron chi connectivity index (χ1n) is 3.47. The molecule has 0 amide bonds. The second-order valence-electron chi connectivity index (χ2n) is 2.62. The Morgan fingerprint density at radius 1 is 1.43 bits per heavy atom. The van der Waals surface area contributed by atoms with Crippen LogP contribution in [-0.2, 0) is 9.84 Å². The van der Waals surface area contributed by atoms with Gasteiger partial charge in [0.1, 0.15) is 4.90 Å². The first-order valence-corrected chi connectivity index (χ1v) is 6.44. The van der Waals surface area contributed by atoms with E-state index in [1.807, 2.05) is 0 Å². The van der Waals surface area contributed by atoms with Crippen molar-refractivity contribution in [3.63, 3.8) is 0 Å². The number of sulfone groups is 1. The Morgan fingerprint density at radius 3 is 2.36 bits per heavy atom. The molecule has 0 N–H and O–H groups in total. The molecule has 76 valence electrons. The van der Waals surface area contributed by atoms with Gasteiger partial charge in [-0.1, -0.05) is 6.07 Å². The van der Waals surface area contributed by atoms with E-state index in [9.17, 15) is 18.5 Å². The Hall–Kier alpha value is -0.700. The monoisotopic (exact) mass is 327 g/mol. The number of hydrogen-bond donors (Lipinski definition) is 0. The third-order valence-corrected chi connectivity index (χ3v) is 3.53. The summed E-state index contributed by atoms with van der Waals surface area (Å²) < 4.78 is 22.7. The molecule has 0 spiro atoms. The van der Waals surface area contributed by atoms with E-state index in [4.69, 9.17) is 0 Å². The maximum absolute atomic E-state index is 11.2. The molecule has 0 radical (unpaired) electrons. The van der Waals surface area contributed by atoms with Crippen LogP contribution in [0.3, 0.4) is 0 Å². The lowest BCUT2D eigenvalue weighted by molar-refractivity contribution is -0.388. The molecule has 7 heteroatoms. The molecule has 0 aliphatic heterocycles. The van der Waals surface area contributed by atoms with Crippen LogP contribution < -0.4 is 0 Å². The lowest BCUT2D eigenvalue weighted by Crippen LogP contribution is -2.03. The molecule has 1 rings (SSSR count). The summed E-state index contributed by atoms with van der Waals surface area (Å²) in [6.45, 7) is 0. The third-order valence-electron chi connectivity index (χ3n) is 1.53. The predicted octanol–water partition coefficient (Wildman–Crippen LogP) is 1.60. The van der Waals surface area contributed by atoms with Crippen LogP contribution in [0.5, 0.6) is 0 Å². The fraction of sp³-hybridized carbons (Fsp3) is 0.143. The van der Waals surface area contributed by atoms with Crippen LogP contribution >= 0.6 is 22.6 Å². The summed E-state index contributed by atoms with van der Waals surface area (Å²) >= 11 is 1.74. The molecule has 0 aromatic heterocycles. The van der Waals surface area contributed by atoms with E-state index in [0.29, 0.717) is 3.57 Å². The van der Waals surface area contributed by atoms with Gasteiger partial charge in [-0.25, -0.2) is 8.42 Å². The van der Waals surface area contributed by atoms with E-state index in [2.05, 4.69) is 0 Å². The third kappa shape index (κ3) is 2.21. The number of para-hydroxylation sites is 1. The zero-order valence-corrected chi connectivity index (χ0v) is 10.1. The van der Waals surface area contributed by atoms with Gasteiger partial charge in [-0.2, -0.15) is 0 Å². The second kappa shape index (κ2) is 3.81. The molecular weight excluding hydrogens is 321 g/mol. The van der Waals surface area contributed by atoms with Crippen molar-refractivity contribution in [2.45, 2.75) is 4.90 Å². The quantitative estimate of drug-likeness (QED) is 0.470. The average Bonchev–Trinajstić information content (AvgIpc) is 2.01. The minimum atomic E-state index is -3.55. The molecule has 0 saturated carbocycles. The van der Waals surface area contributed by atoms with Crippen LogP contribution in [0.25, 0.3) is 0 Å². The van der Waals surface area contributed by atoms with E-state index < -0.39 is 14.8 Å². The van der Waals surface area contributed by atoms with Crippen molar-refractivity contribution < 1.29 is 13.3 Å². The molecule has 0 bridgehead atoms. The first-order chi connectivity index (χ1) is 6.34. The SMILES string of the molecule is CS(=O)(=O)c1cccc(I)c1[N+](=O)[O-]. The molecular formula is C7H6INO4S. The van der Waals surface area contributed by atoms with Crippen molar-refractivity contribution in [3.05, 3.63) is 31.9 Å². The highest BCUT2D eigenvalue weighted by molar-refractivity contribution is 14.1. The van der Waals surface area contributed by atoms with Gasteiger partial charge in [0, 0.05) is 6.26 Å². The van der Waals surface area contributed by atoms with Crippen LogP contribution in [-0.4, -0.2) is 19.6 Å². The van der Waals surface area contributed by atoms with Crippen molar-refractivity contribution in [2.24, 2.45) is 0 Å². The summed E-state index contributed by atoms with van der Waals surface area (Å²) in [5.74, 6) is 0. The molecule has 0 saturated heterocycles. The standard InChI is InChI=1S/C7H6INO4S/c1-14(12,13)6-4-2-3-5(8)7(6)9(10)11/h2-4H,1H3. The second-order valence-corrected chi connectivity index (χ2v) is 5.76. The van der Waals surface area contributed by atoms with Crippen LogP contribution in [0.4, 0.5) is 5.69 Å². The zero-order valence-electron chi connectivity index (χ0n) is 7.10. The number of rotatable bonds is 2. The van der Waals surface area contributed by atoms with Gasteiger partial charge in [0.05, 0.1) is 8.49 Å². The Kier molecular flexibility index (Phi) is 3.10. The summed E-state index contributed by atoms with van der Waals surface area (Å²) in [6, 6.07) is 4.20. The Bertz CT molecular complexity index is 482. The van der Waals surface area contributed by atoms with Crippen molar-refractivity contribution in [2.75, 3.05) is 6.26 Å². The largest absolute Gasteiger partial charge is 0.301 e. The highest BCUT2D eigenvalue weighted by Crippen LogP contribution is 2.28. The Morgan fingerprint density at radius 2 is 2.00 bits per heavy atom. The summed E-state index contributed by atoms with van der Waals surface area (Å²) in [6.07, 6.45) is 0.950. The van der Waals surface area contributed by atoms with E-state index >= 15 is 0 Å². The topological polar surface area (TPSA) is 77.3 Å². The smallest absolute Gasteiger partial charge is 0.258 e. The average molecular weight is 327 g/mol. The van der Waals surface area contributed by atoms with Gasteiger partial charge >= 0.3 is 5.69 Å². The van der Waals surface area contributed by atoms with E-state index in [0.717, 1.165) is 6.26 Å². The molecule has 0 heterocycles. The van der Waals surface area contributed by atoms with Gasteiger partial charge in [-0.15, -0.1) is 0 Å². The summed E-state index contributed by atoms with van der Waals surface area (Å²) in [7, 11) is -3.55. The van der Waals surface area contributed by atoms with E-state index in [1.54, 1.807) is 22.6 Å². The lowest BCUT2D eigenvalue weighted by atomic mass is 10.3. The number of hydrogen-bond acceptors (Lipinski definition) is 4. The van der Waals surface area contributed by atoms with Gasteiger partial charge in [0.15, 0.2) is 9.84 Å². The summed E-state index contributed by atoms with van der Waals surface area (Å²) in [5, 5.41) is 10.6. The minimum Gasteiger partial charge on any atom is -0.258 e. The number of nitro benzene ring substituents is 1. The molecule has 0 aliphatic carbocycles. The molecule has 14 heavy (non-hydrogen) atoms. The zero-order chi connectivity index (χ0) is 10.9. The molecule has 0 unspecified atom stereocenters. The normalized spacial score (nSPS) is 11.3. The van der Waals surface area contributed by atoms with Crippen molar-refractivity contribution >= 4 is 38.1 Å². The van der Waals surface area contributed by atoms with Crippen LogP contribution in [0, 0.1) is 13.7 Å². The highest BCUT2D eigenvalue weighted by Gasteiger charge is 2.24. The Balaban J connectivity index is 3.61. The Labute approximate surface area is 94.3 Å². The molecule has 0 aliphatic rings. The fourth-order valence-electron chi connectivity index (χ4n) is 0.972. The van der Waals surface area contributed by atoms with Gasteiger partial charge in [0.2, 0.25) is 0 Å². The maximum atomic E-state index is 11.2. The van der Waals surface area contributed by atoms with Crippen molar-refractivity contribution in [1.82, 2.24) is 0 Å². The fourth-order valence-corrected chi connectivity index (χ4v) is 2.71. The number of nitrogens with zero attached hydrogens (tertiary/aromatic N) is 1. The van der Waals surface area contributed by atoms with Crippen molar-refractivity contribution in [3.8, 4) is 0 Å². The number of nitro groups is 1. The lowest BCUT2D eigenvalue weighted by Gasteiger charge is -2.01. The molecule has 0 atom stereocenters. The van der Waals surface area contributed by atoms with Crippen LogP contribution in [0.2, 0.25) is 0 Å². The van der Waals surface area contributed by atoms with Gasteiger partial charge in [-0.05, 0) is 34.7 Å².